The predicted octanol–water partition coefficient (Wildman–Crippen LogP) is 4.29. The number of hydrogen-bond donors (Lipinski definition) is 1. The van der Waals surface area contributed by atoms with Crippen LogP contribution in [-0.2, 0) is 5.75 Å². The highest BCUT2D eigenvalue weighted by atomic mass is 35.5. The number of rotatable bonds is 3. The van der Waals surface area contributed by atoms with Crippen LogP contribution in [0.2, 0.25) is 5.15 Å². The first-order chi connectivity index (χ1) is 11.1. The first-order valence-electron chi connectivity index (χ1n) is 6.54. The minimum absolute atomic E-state index is 0.0313. The van der Waals surface area contributed by atoms with Crippen molar-refractivity contribution in [2.24, 2.45) is 0 Å². The number of pyridine rings is 2. The number of hydrogen-bond acceptors (Lipinski definition) is 5. The van der Waals surface area contributed by atoms with Crippen LogP contribution in [0.15, 0.2) is 41.6 Å². The van der Waals surface area contributed by atoms with Crippen molar-refractivity contribution in [1.82, 2.24) is 9.97 Å². The normalized spacial score (nSPS) is 10.7. The molecule has 0 bridgehead atoms. The van der Waals surface area contributed by atoms with Gasteiger partial charge in [-0.3, -0.25) is 0 Å². The van der Waals surface area contributed by atoms with E-state index in [1.807, 2.05) is 12.1 Å². The fourth-order valence-electron chi connectivity index (χ4n) is 2.14. The van der Waals surface area contributed by atoms with Gasteiger partial charge >= 0.3 is 0 Å². The second-order valence-corrected chi connectivity index (χ2v) is 5.98. The summed E-state index contributed by atoms with van der Waals surface area (Å²) in [7, 11) is 0. The average Bonchev–Trinajstić information content (AvgIpc) is 2.54. The number of nitrogens with zero attached hydrogens (tertiary/aromatic N) is 3. The van der Waals surface area contributed by atoms with E-state index in [9.17, 15) is 9.50 Å². The summed E-state index contributed by atoms with van der Waals surface area (Å²) in [6.07, 6.45) is 1.59. The van der Waals surface area contributed by atoms with Crippen molar-refractivity contribution in [3.63, 3.8) is 0 Å². The van der Waals surface area contributed by atoms with Crippen LogP contribution >= 0.6 is 23.4 Å². The molecule has 2 heterocycles. The molecule has 0 fully saturated rings. The summed E-state index contributed by atoms with van der Waals surface area (Å²) in [4.78, 5) is 8.02. The molecule has 7 heteroatoms. The monoisotopic (exact) mass is 345 g/mol. The van der Waals surface area contributed by atoms with Crippen LogP contribution in [0, 0.1) is 17.1 Å². The lowest BCUT2D eigenvalue weighted by Gasteiger charge is -2.09. The number of aromatic nitrogens is 2. The van der Waals surface area contributed by atoms with Gasteiger partial charge in [-0.25, -0.2) is 14.4 Å². The molecule has 3 aromatic rings. The molecule has 0 unspecified atom stereocenters. The Morgan fingerprint density at radius 2 is 2.13 bits per heavy atom. The molecule has 0 saturated carbocycles. The zero-order chi connectivity index (χ0) is 16.4. The van der Waals surface area contributed by atoms with Crippen LogP contribution in [0.25, 0.3) is 10.8 Å². The second-order valence-electron chi connectivity index (χ2n) is 4.66. The highest BCUT2D eigenvalue weighted by Crippen LogP contribution is 2.35. The van der Waals surface area contributed by atoms with E-state index in [0.29, 0.717) is 26.7 Å². The Balaban J connectivity index is 2.06. The molecule has 0 aliphatic heterocycles. The average molecular weight is 346 g/mol. The third-order valence-electron chi connectivity index (χ3n) is 3.22. The first kappa shape index (κ1) is 15.5. The van der Waals surface area contributed by atoms with E-state index < -0.39 is 5.82 Å². The minimum Gasteiger partial charge on any atom is -0.492 e. The maximum Gasteiger partial charge on any atom is 0.230 e. The van der Waals surface area contributed by atoms with Gasteiger partial charge in [0.15, 0.2) is 0 Å². The predicted molar refractivity (Wildman–Crippen MR) is 86.9 cm³/mol. The third kappa shape index (κ3) is 3.07. The number of benzene rings is 1. The molecule has 1 N–H and O–H groups in total. The number of thioether (sulfide) groups is 1. The zero-order valence-electron chi connectivity index (χ0n) is 11.6. The molecular weight excluding hydrogens is 337 g/mol. The largest absolute Gasteiger partial charge is 0.492 e. The molecular formula is C16H9ClFN3OS. The molecule has 4 nitrogen and oxygen atoms in total. The Kier molecular flexibility index (Phi) is 4.33. The smallest absolute Gasteiger partial charge is 0.230 e. The zero-order valence-corrected chi connectivity index (χ0v) is 13.2. The molecule has 3 rings (SSSR count). The van der Waals surface area contributed by atoms with Crippen molar-refractivity contribution in [1.29, 1.82) is 5.26 Å². The van der Waals surface area contributed by atoms with E-state index in [1.54, 1.807) is 12.3 Å². The van der Waals surface area contributed by atoms with Crippen molar-refractivity contribution in [3.8, 4) is 11.9 Å². The summed E-state index contributed by atoms with van der Waals surface area (Å²) in [6.45, 7) is 0. The highest BCUT2D eigenvalue weighted by molar-refractivity contribution is 7.98. The number of aromatic hydroxyl groups is 1. The lowest BCUT2D eigenvalue weighted by molar-refractivity contribution is 0.448. The van der Waals surface area contributed by atoms with E-state index in [0.717, 1.165) is 5.56 Å². The fourth-order valence-corrected chi connectivity index (χ4v) is 3.40. The summed E-state index contributed by atoms with van der Waals surface area (Å²) in [5.74, 6) is -0.349. The quantitative estimate of drug-likeness (QED) is 0.566. The molecule has 0 aliphatic carbocycles. The van der Waals surface area contributed by atoms with Crippen molar-refractivity contribution in [3.05, 3.63) is 58.6 Å². The van der Waals surface area contributed by atoms with Crippen LogP contribution in [0.5, 0.6) is 5.88 Å². The summed E-state index contributed by atoms with van der Waals surface area (Å²) >= 11 is 7.30. The Morgan fingerprint density at radius 1 is 1.30 bits per heavy atom. The molecule has 0 aliphatic rings. The Bertz CT molecular complexity index is 942. The lowest BCUT2D eigenvalue weighted by Crippen LogP contribution is -1.92. The topological polar surface area (TPSA) is 69.8 Å². The fraction of sp³-hybridized carbons (Fsp3) is 0.0625. The van der Waals surface area contributed by atoms with E-state index in [4.69, 9.17) is 16.9 Å². The maximum absolute atomic E-state index is 13.6. The van der Waals surface area contributed by atoms with E-state index >= 15 is 0 Å². The van der Waals surface area contributed by atoms with Crippen molar-refractivity contribution < 1.29 is 9.50 Å². The van der Waals surface area contributed by atoms with E-state index in [-0.39, 0.29) is 11.4 Å². The Labute approximate surface area is 140 Å². The second kappa shape index (κ2) is 6.41. The molecule has 1 aromatic carbocycles. The number of halogens is 2. The van der Waals surface area contributed by atoms with Crippen LogP contribution in [0.1, 0.15) is 11.1 Å². The van der Waals surface area contributed by atoms with Gasteiger partial charge < -0.3 is 5.11 Å². The Hall–Kier alpha value is -2.36. The minimum atomic E-state index is -0.435. The molecule has 0 radical (unpaired) electrons. The molecule has 114 valence electrons. The van der Waals surface area contributed by atoms with Gasteiger partial charge in [-0.2, -0.15) is 5.26 Å². The van der Waals surface area contributed by atoms with Crippen LogP contribution < -0.4 is 0 Å². The van der Waals surface area contributed by atoms with Gasteiger partial charge in [-0.1, -0.05) is 17.7 Å². The third-order valence-corrected chi connectivity index (χ3v) is 4.61. The summed E-state index contributed by atoms with van der Waals surface area (Å²) < 4.78 is 13.6. The highest BCUT2D eigenvalue weighted by Gasteiger charge is 2.15. The number of nitriles is 1. The van der Waals surface area contributed by atoms with Gasteiger partial charge in [0.25, 0.3) is 0 Å². The SMILES string of the molecule is N#Cc1c(O)nc(SCc2cccnc2Cl)c2cc(F)ccc12. The van der Waals surface area contributed by atoms with E-state index in [2.05, 4.69) is 9.97 Å². The van der Waals surface area contributed by atoms with Gasteiger partial charge in [0.2, 0.25) is 5.88 Å². The van der Waals surface area contributed by atoms with E-state index in [1.165, 1.54) is 30.0 Å². The van der Waals surface area contributed by atoms with Crippen LogP contribution in [0.4, 0.5) is 4.39 Å². The van der Waals surface area contributed by atoms with Gasteiger partial charge in [0.1, 0.15) is 27.6 Å². The molecule has 23 heavy (non-hydrogen) atoms. The standard InChI is InChI=1S/C16H9ClFN3OS/c17-14-9(2-1-5-20-14)8-23-16-12-6-10(18)3-4-11(12)13(7-19)15(22)21-16/h1-6H,8H2,(H,21,22). The molecule has 0 atom stereocenters. The number of fused-ring (bicyclic) bond motifs is 1. The maximum atomic E-state index is 13.6. The summed E-state index contributed by atoms with van der Waals surface area (Å²) in [6, 6.07) is 9.50. The first-order valence-corrected chi connectivity index (χ1v) is 7.91. The van der Waals surface area contributed by atoms with Gasteiger partial charge in [0, 0.05) is 22.7 Å². The van der Waals surface area contributed by atoms with Crippen LogP contribution in [0.3, 0.4) is 0 Å². The van der Waals surface area contributed by atoms with Gasteiger partial charge in [0.05, 0.1) is 0 Å². The molecule has 0 saturated heterocycles. The van der Waals surface area contributed by atoms with Crippen LogP contribution in [-0.4, -0.2) is 15.1 Å². The van der Waals surface area contributed by atoms with Crippen molar-refractivity contribution >= 4 is 34.1 Å². The summed E-state index contributed by atoms with van der Waals surface area (Å²) in [5.41, 5.74) is 0.832. The molecule has 2 aromatic heterocycles. The summed E-state index contributed by atoms with van der Waals surface area (Å²) in [5, 5.41) is 20.8. The molecule has 0 amide bonds. The Morgan fingerprint density at radius 3 is 2.87 bits per heavy atom. The van der Waals surface area contributed by atoms with Gasteiger partial charge in [-0.15, -0.1) is 11.8 Å². The van der Waals surface area contributed by atoms with Crippen molar-refractivity contribution in [2.75, 3.05) is 0 Å². The van der Waals surface area contributed by atoms with Gasteiger partial charge in [-0.05, 0) is 29.8 Å². The molecule has 0 spiro atoms. The van der Waals surface area contributed by atoms with Crippen molar-refractivity contribution in [2.45, 2.75) is 10.8 Å². The lowest BCUT2D eigenvalue weighted by atomic mass is 10.1.